The third-order valence-electron chi connectivity index (χ3n) is 4.96. The van der Waals surface area contributed by atoms with Crippen LogP contribution in [0.5, 0.6) is 0 Å². The molecular formula is C21H28FN5O. The summed E-state index contributed by atoms with van der Waals surface area (Å²) in [4.78, 5) is 25.7. The Labute approximate surface area is 165 Å². The number of aryl methyl sites for hydroxylation is 1. The maximum atomic E-state index is 13.2. The van der Waals surface area contributed by atoms with E-state index in [0.717, 1.165) is 31.7 Å². The molecule has 0 saturated carbocycles. The van der Waals surface area contributed by atoms with Crippen molar-refractivity contribution in [3.63, 3.8) is 0 Å². The first kappa shape index (κ1) is 20.2. The molecule has 1 amide bonds. The Morgan fingerprint density at radius 1 is 1.18 bits per heavy atom. The second-order valence-electron chi connectivity index (χ2n) is 7.43. The topological polar surface area (TPSA) is 61.4 Å². The molecule has 0 bridgehead atoms. The van der Waals surface area contributed by atoms with Crippen molar-refractivity contribution in [3.8, 4) is 0 Å². The summed E-state index contributed by atoms with van der Waals surface area (Å²) in [6.07, 6.45) is 3.00. The zero-order valence-electron chi connectivity index (χ0n) is 16.8. The summed E-state index contributed by atoms with van der Waals surface area (Å²) in [6, 6.07) is 6.34. The number of rotatable bonds is 7. The van der Waals surface area contributed by atoms with Crippen LogP contribution in [0.25, 0.3) is 0 Å². The standard InChI is InChI=1S/C21H28FN5O/c1-15-19(21(28)26(2)3)25-18(14-16-6-8-17(22)9-7-16)20(24-15)23-10-13-27-11-4-5-12-27/h6-9H,4-5,10-14H2,1-3H3,(H,23,24). The summed E-state index contributed by atoms with van der Waals surface area (Å²) in [5.74, 6) is 0.247. The Balaban J connectivity index is 1.83. The van der Waals surface area contributed by atoms with Crippen molar-refractivity contribution in [3.05, 3.63) is 52.7 Å². The number of nitrogens with one attached hydrogen (secondary N) is 1. The Kier molecular flexibility index (Phi) is 6.57. The number of carbonyl (C=O) groups is 1. The highest BCUT2D eigenvalue weighted by Crippen LogP contribution is 2.19. The van der Waals surface area contributed by atoms with Gasteiger partial charge >= 0.3 is 0 Å². The van der Waals surface area contributed by atoms with Crippen LogP contribution < -0.4 is 5.32 Å². The van der Waals surface area contributed by atoms with Crippen LogP contribution in [0.15, 0.2) is 24.3 Å². The molecule has 1 N–H and O–H groups in total. The molecule has 3 rings (SSSR count). The maximum absolute atomic E-state index is 13.2. The second-order valence-corrected chi connectivity index (χ2v) is 7.43. The molecule has 1 aromatic heterocycles. The van der Waals surface area contributed by atoms with Crippen LogP contribution >= 0.6 is 0 Å². The number of halogens is 1. The molecule has 1 aliphatic heterocycles. The Bertz CT molecular complexity index is 816. The molecule has 0 radical (unpaired) electrons. The SMILES string of the molecule is Cc1nc(NCCN2CCCC2)c(Cc2ccc(F)cc2)nc1C(=O)N(C)C. The molecule has 2 aromatic rings. The van der Waals surface area contributed by atoms with Gasteiger partial charge in [0.25, 0.3) is 5.91 Å². The van der Waals surface area contributed by atoms with E-state index >= 15 is 0 Å². The lowest BCUT2D eigenvalue weighted by atomic mass is 10.1. The summed E-state index contributed by atoms with van der Waals surface area (Å²) in [5, 5.41) is 3.39. The molecule has 0 aliphatic carbocycles. The quantitative estimate of drug-likeness (QED) is 0.794. The number of anilines is 1. The normalized spacial score (nSPS) is 14.3. The van der Waals surface area contributed by atoms with E-state index in [9.17, 15) is 9.18 Å². The molecule has 2 heterocycles. The highest BCUT2D eigenvalue weighted by molar-refractivity contribution is 5.93. The summed E-state index contributed by atoms with van der Waals surface area (Å²) < 4.78 is 13.2. The number of nitrogens with zero attached hydrogens (tertiary/aromatic N) is 4. The molecule has 1 saturated heterocycles. The van der Waals surface area contributed by atoms with E-state index in [0.29, 0.717) is 29.3 Å². The van der Waals surface area contributed by atoms with Crippen molar-refractivity contribution >= 4 is 11.7 Å². The van der Waals surface area contributed by atoms with Crippen molar-refractivity contribution in [1.29, 1.82) is 0 Å². The van der Waals surface area contributed by atoms with Gasteiger partial charge in [0.05, 0.1) is 11.4 Å². The first-order chi connectivity index (χ1) is 13.4. The van der Waals surface area contributed by atoms with Crippen LogP contribution in [0, 0.1) is 12.7 Å². The molecule has 0 spiro atoms. The Morgan fingerprint density at radius 2 is 1.86 bits per heavy atom. The Morgan fingerprint density at radius 3 is 2.50 bits per heavy atom. The number of hydrogen-bond donors (Lipinski definition) is 1. The van der Waals surface area contributed by atoms with Gasteiger partial charge in [-0.05, 0) is 50.6 Å². The predicted molar refractivity (Wildman–Crippen MR) is 108 cm³/mol. The number of hydrogen-bond acceptors (Lipinski definition) is 5. The number of benzene rings is 1. The monoisotopic (exact) mass is 385 g/mol. The van der Waals surface area contributed by atoms with Gasteiger partial charge in [-0.15, -0.1) is 0 Å². The largest absolute Gasteiger partial charge is 0.367 e. The van der Waals surface area contributed by atoms with Gasteiger partial charge in [-0.25, -0.2) is 14.4 Å². The molecular weight excluding hydrogens is 357 g/mol. The zero-order chi connectivity index (χ0) is 20.1. The number of carbonyl (C=O) groups excluding carboxylic acids is 1. The first-order valence-electron chi connectivity index (χ1n) is 9.74. The van der Waals surface area contributed by atoms with Crippen LogP contribution in [0.2, 0.25) is 0 Å². The molecule has 0 unspecified atom stereocenters. The van der Waals surface area contributed by atoms with Gasteiger partial charge in [-0.3, -0.25) is 4.79 Å². The van der Waals surface area contributed by atoms with Crippen molar-refractivity contribution in [2.45, 2.75) is 26.2 Å². The summed E-state index contributed by atoms with van der Waals surface area (Å²) in [5.41, 5.74) is 2.58. The van der Waals surface area contributed by atoms with E-state index in [-0.39, 0.29) is 11.7 Å². The van der Waals surface area contributed by atoms with Crippen LogP contribution in [0.3, 0.4) is 0 Å². The van der Waals surface area contributed by atoms with E-state index < -0.39 is 0 Å². The molecule has 0 atom stereocenters. The van der Waals surface area contributed by atoms with Gasteiger partial charge < -0.3 is 15.1 Å². The maximum Gasteiger partial charge on any atom is 0.273 e. The minimum atomic E-state index is -0.272. The summed E-state index contributed by atoms with van der Waals surface area (Å²) >= 11 is 0. The van der Waals surface area contributed by atoms with Gasteiger partial charge in [0, 0.05) is 33.6 Å². The lowest BCUT2D eigenvalue weighted by Crippen LogP contribution is -2.28. The van der Waals surface area contributed by atoms with Gasteiger partial charge in [0.1, 0.15) is 17.3 Å². The molecule has 1 fully saturated rings. The summed E-state index contributed by atoms with van der Waals surface area (Å²) in [7, 11) is 3.40. The molecule has 1 aromatic carbocycles. The lowest BCUT2D eigenvalue weighted by molar-refractivity contribution is 0.0820. The van der Waals surface area contributed by atoms with E-state index in [1.165, 1.54) is 29.9 Å². The van der Waals surface area contributed by atoms with Crippen molar-refractivity contribution in [2.24, 2.45) is 0 Å². The van der Waals surface area contributed by atoms with Gasteiger partial charge in [0.2, 0.25) is 0 Å². The number of aromatic nitrogens is 2. The zero-order valence-corrected chi connectivity index (χ0v) is 16.8. The van der Waals surface area contributed by atoms with Crippen LogP contribution in [0.1, 0.15) is 40.3 Å². The van der Waals surface area contributed by atoms with Gasteiger partial charge in [0.15, 0.2) is 0 Å². The third-order valence-corrected chi connectivity index (χ3v) is 4.96. The molecule has 28 heavy (non-hydrogen) atoms. The van der Waals surface area contributed by atoms with Crippen LogP contribution in [-0.4, -0.2) is 65.9 Å². The fourth-order valence-electron chi connectivity index (χ4n) is 3.37. The van der Waals surface area contributed by atoms with E-state index in [4.69, 9.17) is 0 Å². The molecule has 7 heteroatoms. The smallest absolute Gasteiger partial charge is 0.273 e. The fraction of sp³-hybridized carbons (Fsp3) is 0.476. The highest BCUT2D eigenvalue weighted by atomic mass is 19.1. The predicted octanol–water partition coefficient (Wildman–Crippen LogP) is 2.72. The van der Waals surface area contributed by atoms with Crippen molar-refractivity contribution in [1.82, 2.24) is 19.8 Å². The van der Waals surface area contributed by atoms with Crippen molar-refractivity contribution < 1.29 is 9.18 Å². The molecule has 150 valence electrons. The summed E-state index contributed by atoms with van der Waals surface area (Å²) in [6.45, 7) is 5.81. The number of amides is 1. The lowest BCUT2D eigenvalue weighted by Gasteiger charge is -2.18. The molecule has 1 aliphatic rings. The minimum absolute atomic E-state index is 0.172. The second kappa shape index (κ2) is 9.10. The fourth-order valence-corrected chi connectivity index (χ4v) is 3.37. The van der Waals surface area contributed by atoms with Gasteiger partial charge in [-0.2, -0.15) is 0 Å². The number of likely N-dealkylation sites (tertiary alicyclic amines) is 1. The van der Waals surface area contributed by atoms with Gasteiger partial charge in [-0.1, -0.05) is 12.1 Å². The van der Waals surface area contributed by atoms with E-state index in [1.54, 1.807) is 33.2 Å². The van der Waals surface area contributed by atoms with E-state index in [2.05, 4.69) is 20.2 Å². The average Bonchev–Trinajstić information content (AvgIpc) is 3.18. The highest BCUT2D eigenvalue weighted by Gasteiger charge is 2.19. The third kappa shape index (κ3) is 5.04. The Hall–Kier alpha value is -2.54. The van der Waals surface area contributed by atoms with E-state index in [1.807, 2.05) is 0 Å². The average molecular weight is 385 g/mol. The van der Waals surface area contributed by atoms with Crippen molar-refractivity contribution in [2.75, 3.05) is 45.6 Å². The first-order valence-corrected chi connectivity index (χ1v) is 9.74. The van der Waals surface area contributed by atoms with Crippen LogP contribution in [-0.2, 0) is 6.42 Å². The van der Waals surface area contributed by atoms with Crippen LogP contribution in [0.4, 0.5) is 10.2 Å². The molecule has 6 nitrogen and oxygen atoms in total. The minimum Gasteiger partial charge on any atom is -0.367 e.